The van der Waals surface area contributed by atoms with E-state index in [9.17, 15) is 4.39 Å². The van der Waals surface area contributed by atoms with Crippen molar-refractivity contribution in [1.29, 1.82) is 0 Å². The average molecular weight is 265 g/mol. The normalized spacial score (nSPS) is 14.7. The highest BCUT2D eigenvalue weighted by molar-refractivity contribution is 5.49. The van der Waals surface area contributed by atoms with Gasteiger partial charge in [0.2, 0.25) is 0 Å². The summed E-state index contributed by atoms with van der Waals surface area (Å²) in [5.41, 5.74) is 0.980. The lowest BCUT2D eigenvalue weighted by molar-refractivity contribution is 0.608. The molecule has 0 bridgehead atoms. The van der Waals surface area contributed by atoms with E-state index >= 15 is 0 Å². The predicted octanol–water partition coefficient (Wildman–Crippen LogP) is 3.10. The minimum atomic E-state index is -0.246. The molecule has 106 valence electrons. The zero-order valence-corrected chi connectivity index (χ0v) is 12.0. The van der Waals surface area contributed by atoms with Gasteiger partial charge in [0.1, 0.15) is 11.6 Å². The molecule has 4 heteroatoms. The van der Waals surface area contributed by atoms with E-state index in [1.165, 1.54) is 19.0 Å². The minimum absolute atomic E-state index is 0.246. The zero-order chi connectivity index (χ0) is 13.7. The van der Waals surface area contributed by atoms with Crippen molar-refractivity contribution in [2.45, 2.75) is 52.1 Å². The van der Waals surface area contributed by atoms with E-state index in [0.717, 1.165) is 37.3 Å². The Bertz CT molecular complexity index is 404. The third kappa shape index (κ3) is 3.90. The SMILES string of the molecule is CCCNCc1cc(F)cnc1N(CCC)C1CC1. The summed E-state index contributed by atoms with van der Waals surface area (Å²) in [6.45, 7) is 6.96. The molecule has 1 aliphatic rings. The largest absolute Gasteiger partial charge is 0.353 e. The van der Waals surface area contributed by atoms with Crippen molar-refractivity contribution in [3.8, 4) is 0 Å². The molecule has 0 atom stereocenters. The summed E-state index contributed by atoms with van der Waals surface area (Å²) in [6.07, 6.45) is 5.99. The monoisotopic (exact) mass is 265 g/mol. The molecule has 1 aromatic rings. The number of nitrogens with zero attached hydrogens (tertiary/aromatic N) is 2. The van der Waals surface area contributed by atoms with E-state index in [-0.39, 0.29) is 5.82 Å². The van der Waals surface area contributed by atoms with Crippen molar-refractivity contribution in [3.05, 3.63) is 23.6 Å². The predicted molar refractivity (Wildman–Crippen MR) is 76.9 cm³/mol. The van der Waals surface area contributed by atoms with Crippen LogP contribution < -0.4 is 10.2 Å². The van der Waals surface area contributed by atoms with Crippen LogP contribution in [0.25, 0.3) is 0 Å². The molecule has 1 saturated carbocycles. The Hall–Kier alpha value is -1.16. The summed E-state index contributed by atoms with van der Waals surface area (Å²) in [4.78, 5) is 6.70. The molecule has 0 radical (unpaired) electrons. The van der Waals surface area contributed by atoms with Gasteiger partial charge in [0, 0.05) is 24.7 Å². The van der Waals surface area contributed by atoms with Gasteiger partial charge in [-0.2, -0.15) is 0 Å². The second-order valence-corrected chi connectivity index (χ2v) is 5.24. The molecule has 0 saturated heterocycles. The van der Waals surface area contributed by atoms with Crippen LogP contribution in [-0.4, -0.2) is 24.1 Å². The van der Waals surface area contributed by atoms with Crippen LogP contribution in [0.2, 0.25) is 0 Å². The average Bonchev–Trinajstić information content (AvgIpc) is 3.21. The van der Waals surface area contributed by atoms with Gasteiger partial charge >= 0.3 is 0 Å². The Labute approximate surface area is 115 Å². The van der Waals surface area contributed by atoms with Crippen molar-refractivity contribution in [2.24, 2.45) is 0 Å². The van der Waals surface area contributed by atoms with Crippen molar-refractivity contribution >= 4 is 5.82 Å². The molecule has 1 N–H and O–H groups in total. The third-order valence-electron chi connectivity index (χ3n) is 3.38. The van der Waals surface area contributed by atoms with E-state index in [1.807, 2.05) is 0 Å². The highest BCUT2D eigenvalue weighted by atomic mass is 19.1. The number of nitrogens with one attached hydrogen (secondary N) is 1. The van der Waals surface area contributed by atoms with Crippen LogP contribution in [0.15, 0.2) is 12.3 Å². The van der Waals surface area contributed by atoms with E-state index in [4.69, 9.17) is 0 Å². The van der Waals surface area contributed by atoms with Crippen LogP contribution in [-0.2, 0) is 6.54 Å². The minimum Gasteiger partial charge on any atom is -0.353 e. The topological polar surface area (TPSA) is 28.2 Å². The standard InChI is InChI=1S/C15H24FN3/c1-3-7-17-10-12-9-13(16)11-18-15(12)19(8-4-2)14-5-6-14/h9,11,14,17H,3-8,10H2,1-2H3. The summed E-state index contributed by atoms with van der Waals surface area (Å²) >= 11 is 0. The van der Waals surface area contributed by atoms with Crippen LogP contribution in [0.3, 0.4) is 0 Å². The van der Waals surface area contributed by atoms with Crippen LogP contribution in [0.5, 0.6) is 0 Å². The molecule has 1 aliphatic carbocycles. The number of hydrogen-bond donors (Lipinski definition) is 1. The number of hydrogen-bond acceptors (Lipinski definition) is 3. The maximum Gasteiger partial charge on any atom is 0.141 e. The Morgan fingerprint density at radius 3 is 2.79 bits per heavy atom. The summed E-state index contributed by atoms with van der Waals surface area (Å²) in [7, 11) is 0. The summed E-state index contributed by atoms with van der Waals surface area (Å²) < 4.78 is 13.4. The van der Waals surface area contributed by atoms with Gasteiger partial charge in [0.05, 0.1) is 6.20 Å². The number of rotatable bonds is 8. The molecule has 0 aromatic carbocycles. The first-order valence-electron chi connectivity index (χ1n) is 7.38. The lowest BCUT2D eigenvalue weighted by Gasteiger charge is -2.25. The van der Waals surface area contributed by atoms with Crippen molar-refractivity contribution in [1.82, 2.24) is 10.3 Å². The van der Waals surface area contributed by atoms with Crippen LogP contribution in [0.1, 0.15) is 45.1 Å². The van der Waals surface area contributed by atoms with Gasteiger partial charge < -0.3 is 10.2 Å². The lowest BCUT2D eigenvalue weighted by atomic mass is 10.2. The molecule has 0 aliphatic heterocycles. The molecular formula is C15H24FN3. The third-order valence-corrected chi connectivity index (χ3v) is 3.38. The lowest BCUT2D eigenvalue weighted by Crippen LogP contribution is -2.29. The first-order chi connectivity index (χ1) is 9.26. The molecule has 0 amide bonds. The highest BCUT2D eigenvalue weighted by Crippen LogP contribution is 2.32. The number of aromatic nitrogens is 1. The fourth-order valence-electron chi connectivity index (χ4n) is 2.35. The van der Waals surface area contributed by atoms with E-state index in [0.29, 0.717) is 12.6 Å². The number of halogens is 1. The molecule has 0 unspecified atom stereocenters. The van der Waals surface area contributed by atoms with Gasteiger partial charge in [-0.1, -0.05) is 13.8 Å². The van der Waals surface area contributed by atoms with Crippen LogP contribution >= 0.6 is 0 Å². The summed E-state index contributed by atoms with van der Waals surface area (Å²) in [5, 5.41) is 3.34. The molecule has 0 spiro atoms. The van der Waals surface area contributed by atoms with Gasteiger partial charge in [0.15, 0.2) is 0 Å². The van der Waals surface area contributed by atoms with Crippen molar-refractivity contribution in [2.75, 3.05) is 18.0 Å². The smallest absolute Gasteiger partial charge is 0.141 e. The van der Waals surface area contributed by atoms with Gasteiger partial charge in [-0.25, -0.2) is 9.37 Å². The second kappa shape index (κ2) is 6.85. The molecule has 3 nitrogen and oxygen atoms in total. The van der Waals surface area contributed by atoms with E-state index in [2.05, 4.69) is 29.0 Å². The summed E-state index contributed by atoms with van der Waals surface area (Å²) in [5.74, 6) is 0.721. The first-order valence-corrected chi connectivity index (χ1v) is 7.38. The first kappa shape index (κ1) is 14.3. The fraction of sp³-hybridized carbons (Fsp3) is 0.667. The Morgan fingerprint density at radius 2 is 2.16 bits per heavy atom. The van der Waals surface area contributed by atoms with Gasteiger partial charge in [-0.05, 0) is 38.3 Å². The molecule has 2 rings (SSSR count). The summed E-state index contributed by atoms with van der Waals surface area (Å²) in [6, 6.07) is 2.23. The maximum atomic E-state index is 13.4. The Kier molecular flexibility index (Phi) is 5.14. The van der Waals surface area contributed by atoms with Gasteiger partial charge in [-0.3, -0.25) is 0 Å². The van der Waals surface area contributed by atoms with Crippen LogP contribution in [0.4, 0.5) is 10.2 Å². The van der Waals surface area contributed by atoms with E-state index < -0.39 is 0 Å². The number of anilines is 1. The van der Waals surface area contributed by atoms with Crippen LogP contribution in [0, 0.1) is 5.82 Å². The van der Waals surface area contributed by atoms with E-state index in [1.54, 1.807) is 6.07 Å². The van der Waals surface area contributed by atoms with Gasteiger partial charge in [-0.15, -0.1) is 0 Å². The van der Waals surface area contributed by atoms with Crippen molar-refractivity contribution < 1.29 is 4.39 Å². The quantitative estimate of drug-likeness (QED) is 0.732. The zero-order valence-electron chi connectivity index (χ0n) is 12.0. The second-order valence-electron chi connectivity index (χ2n) is 5.24. The molecule has 1 heterocycles. The molecule has 19 heavy (non-hydrogen) atoms. The molecule has 1 aromatic heterocycles. The molecular weight excluding hydrogens is 241 g/mol. The molecule has 1 fully saturated rings. The van der Waals surface area contributed by atoms with Gasteiger partial charge in [0.25, 0.3) is 0 Å². The Morgan fingerprint density at radius 1 is 1.37 bits per heavy atom. The fourth-order valence-corrected chi connectivity index (χ4v) is 2.35. The maximum absolute atomic E-state index is 13.4. The number of pyridine rings is 1. The van der Waals surface area contributed by atoms with Crippen molar-refractivity contribution in [3.63, 3.8) is 0 Å². The highest BCUT2D eigenvalue weighted by Gasteiger charge is 2.30. The Balaban J connectivity index is 2.16.